The summed E-state index contributed by atoms with van der Waals surface area (Å²) >= 11 is 1.62. The first-order chi connectivity index (χ1) is 12.6. The number of carbonyl (C=O) groups excluding carboxylic acids is 2. The lowest BCUT2D eigenvalue weighted by Gasteiger charge is -2.28. The molecule has 128 valence electrons. The van der Waals surface area contributed by atoms with E-state index in [0.717, 1.165) is 4.88 Å². The Morgan fingerprint density at radius 2 is 1.73 bits per heavy atom. The van der Waals surface area contributed by atoms with Crippen molar-refractivity contribution < 1.29 is 9.59 Å². The predicted molar refractivity (Wildman–Crippen MR) is 102 cm³/mol. The Bertz CT molecular complexity index is 1020. The van der Waals surface area contributed by atoms with Gasteiger partial charge in [-0.25, -0.2) is 0 Å². The number of aromatic nitrogens is 1. The molecule has 26 heavy (non-hydrogen) atoms. The minimum absolute atomic E-state index is 0.160. The Morgan fingerprint density at radius 3 is 2.42 bits per heavy atom. The molecule has 5 heteroatoms. The van der Waals surface area contributed by atoms with Crippen LogP contribution in [0.5, 0.6) is 0 Å². The molecule has 1 aliphatic rings. The van der Waals surface area contributed by atoms with Crippen molar-refractivity contribution in [2.75, 3.05) is 0 Å². The second-order valence-corrected chi connectivity index (χ2v) is 7.39. The summed E-state index contributed by atoms with van der Waals surface area (Å²) in [4.78, 5) is 33.7. The first-order valence-corrected chi connectivity index (χ1v) is 9.09. The van der Waals surface area contributed by atoms with Crippen LogP contribution >= 0.6 is 11.3 Å². The van der Waals surface area contributed by atoms with Gasteiger partial charge in [-0.1, -0.05) is 24.3 Å². The van der Waals surface area contributed by atoms with Crippen LogP contribution in [0.1, 0.15) is 31.4 Å². The number of thiophene rings is 1. The highest BCUT2D eigenvalue weighted by Crippen LogP contribution is 2.32. The topological polar surface area (TPSA) is 50.3 Å². The molecule has 0 aliphatic carbocycles. The van der Waals surface area contributed by atoms with Gasteiger partial charge in [-0.2, -0.15) is 0 Å². The van der Waals surface area contributed by atoms with E-state index >= 15 is 0 Å². The second kappa shape index (κ2) is 6.69. The zero-order chi connectivity index (χ0) is 18.1. The number of fused-ring (bicyclic) bond motifs is 1. The molecule has 2 aromatic heterocycles. The highest BCUT2D eigenvalue weighted by molar-refractivity contribution is 7.12. The lowest BCUT2D eigenvalue weighted by atomic mass is 9.93. The third-order valence-electron chi connectivity index (χ3n) is 4.26. The highest BCUT2D eigenvalue weighted by atomic mass is 32.1. The summed E-state index contributed by atoms with van der Waals surface area (Å²) in [6.45, 7) is 2.19. The van der Waals surface area contributed by atoms with Gasteiger partial charge >= 0.3 is 0 Å². The van der Waals surface area contributed by atoms with E-state index in [4.69, 9.17) is 0 Å². The van der Waals surface area contributed by atoms with Gasteiger partial charge in [0.2, 0.25) is 0 Å². The van der Waals surface area contributed by atoms with Crippen LogP contribution in [0.15, 0.2) is 60.8 Å². The van der Waals surface area contributed by atoms with E-state index in [1.165, 1.54) is 9.78 Å². The summed E-state index contributed by atoms with van der Waals surface area (Å²) in [5.74, 6) is -0.568. The normalized spacial score (nSPS) is 15.4. The van der Waals surface area contributed by atoms with E-state index in [1.54, 1.807) is 23.6 Å². The van der Waals surface area contributed by atoms with Crippen molar-refractivity contribution >= 4 is 34.8 Å². The maximum absolute atomic E-state index is 13.1. The van der Waals surface area contributed by atoms with Crippen LogP contribution in [0.4, 0.5) is 0 Å². The molecule has 0 saturated carbocycles. The molecular weight excluding hydrogens is 344 g/mol. The summed E-state index contributed by atoms with van der Waals surface area (Å²) in [6, 6.07) is 16.7. The lowest BCUT2D eigenvalue weighted by Crippen LogP contribution is -2.41. The van der Waals surface area contributed by atoms with Gasteiger partial charge in [-0.05, 0) is 48.9 Å². The third-order valence-corrected chi connectivity index (χ3v) is 5.21. The fourth-order valence-electron chi connectivity index (χ4n) is 3.01. The fraction of sp³-hybridized carbons (Fsp3) is 0.0952. The minimum atomic E-state index is -0.287. The Labute approximate surface area is 155 Å². The van der Waals surface area contributed by atoms with Gasteiger partial charge in [0, 0.05) is 27.1 Å². The van der Waals surface area contributed by atoms with Crippen molar-refractivity contribution in [1.82, 2.24) is 9.88 Å². The van der Waals surface area contributed by atoms with E-state index < -0.39 is 0 Å². The van der Waals surface area contributed by atoms with Gasteiger partial charge in [-0.15, -0.1) is 11.3 Å². The molecule has 4 rings (SSSR count). The van der Waals surface area contributed by atoms with E-state index in [1.807, 2.05) is 61.5 Å². The molecule has 0 unspecified atom stereocenters. The van der Waals surface area contributed by atoms with Crippen LogP contribution < -0.4 is 0 Å². The third kappa shape index (κ3) is 2.97. The van der Waals surface area contributed by atoms with Crippen molar-refractivity contribution in [3.63, 3.8) is 0 Å². The largest absolute Gasteiger partial charge is 0.269 e. The molecular formula is C21H16N2O2S. The second-order valence-electron chi connectivity index (χ2n) is 6.07. The maximum Gasteiger partial charge on any atom is 0.261 e. The van der Waals surface area contributed by atoms with Gasteiger partial charge in [0.15, 0.2) is 0 Å². The van der Waals surface area contributed by atoms with Gasteiger partial charge in [0.1, 0.15) is 0 Å². The van der Waals surface area contributed by atoms with Crippen molar-refractivity contribution in [3.05, 3.63) is 87.4 Å². The molecule has 0 N–H and O–H groups in total. The molecule has 0 fully saturated rings. The lowest BCUT2D eigenvalue weighted by molar-refractivity contribution is -0.123. The van der Waals surface area contributed by atoms with Crippen molar-refractivity contribution in [2.45, 2.75) is 13.5 Å². The zero-order valence-corrected chi connectivity index (χ0v) is 15.0. The summed E-state index contributed by atoms with van der Waals surface area (Å²) in [5.41, 5.74) is 2.45. The van der Waals surface area contributed by atoms with Crippen LogP contribution in [-0.4, -0.2) is 21.7 Å². The zero-order valence-electron chi connectivity index (χ0n) is 14.2. The summed E-state index contributed by atoms with van der Waals surface area (Å²) in [6.07, 6.45) is 3.53. The number of aryl methyl sites for hydroxylation is 1. The Kier molecular flexibility index (Phi) is 4.22. The Balaban J connectivity index is 1.80. The molecule has 0 atom stereocenters. The smallest absolute Gasteiger partial charge is 0.261 e. The van der Waals surface area contributed by atoms with E-state index in [0.29, 0.717) is 22.4 Å². The molecule has 4 nitrogen and oxygen atoms in total. The van der Waals surface area contributed by atoms with Crippen LogP contribution in [-0.2, 0) is 11.3 Å². The molecule has 1 aromatic carbocycles. The Morgan fingerprint density at radius 1 is 0.962 bits per heavy atom. The molecule has 0 saturated heterocycles. The van der Waals surface area contributed by atoms with E-state index in [2.05, 4.69) is 4.98 Å². The van der Waals surface area contributed by atoms with Gasteiger partial charge < -0.3 is 0 Å². The van der Waals surface area contributed by atoms with Crippen LogP contribution in [0.2, 0.25) is 0 Å². The molecule has 1 aliphatic heterocycles. The first-order valence-electron chi connectivity index (χ1n) is 8.27. The van der Waals surface area contributed by atoms with E-state index in [9.17, 15) is 9.59 Å². The number of rotatable bonds is 3. The summed E-state index contributed by atoms with van der Waals surface area (Å²) in [7, 11) is 0. The molecule has 0 spiro atoms. The van der Waals surface area contributed by atoms with Crippen molar-refractivity contribution in [3.8, 4) is 0 Å². The number of nitrogens with zero attached hydrogens (tertiary/aromatic N) is 2. The molecule has 3 aromatic rings. The number of pyridine rings is 1. The van der Waals surface area contributed by atoms with Crippen molar-refractivity contribution in [1.29, 1.82) is 0 Å². The number of hydrogen-bond donors (Lipinski definition) is 0. The number of imide groups is 1. The standard InChI is InChI=1S/C21H16N2O2S/c1-14-9-10-16(26-14)12-19-17-7-2-3-8-18(17)20(24)23(21(19)25)13-15-6-4-5-11-22-15/h2-12H,13H2,1H3. The molecule has 0 bridgehead atoms. The van der Waals surface area contributed by atoms with Crippen LogP contribution in [0.25, 0.3) is 11.6 Å². The number of benzene rings is 1. The van der Waals surface area contributed by atoms with E-state index in [-0.39, 0.29) is 18.4 Å². The molecule has 2 amide bonds. The summed E-state index contributed by atoms with van der Waals surface area (Å²) in [5, 5.41) is 0. The SMILES string of the molecule is Cc1ccc(C=C2C(=O)N(Cc3ccccn3)C(=O)c3ccccc32)s1. The predicted octanol–water partition coefficient (Wildman–Crippen LogP) is 4.17. The monoisotopic (exact) mass is 360 g/mol. The average Bonchev–Trinajstić information content (AvgIpc) is 3.08. The molecule has 0 radical (unpaired) electrons. The van der Waals surface area contributed by atoms with Gasteiger partial charge in [0.05, 0.1) is 12.2 Å². The highest BCUT2D eigenvalue weighted by Gasteiger charge is 2.34. The Hall–Kier alpha value is -3.05. The van der Waals surface area contributed by atoms with Gasteiger partial charge in [0.25, 0.3) is 11.8 Å². The van der Waals surface area contributed by atoms with Gasteiger partial charge in [-0.3, -0.25) is 19.5 Å². The maximum atomic E-state index is 13.1. The minimum Gasteiger partial charge on any atom is -0.269 e. The number of carbonyl (C=O) groups is 2. The number of hydrogen-bond acceptors (Lipinski definition) is 4. The summed E-state index contributed by atoms with van der Waals surface area (Å²) < 4.78 is 0. The fourth-order valence-corrected chi connectivity index (χ4v) is 3.83. The van der Waals surface area contributed by atoms with Crippen LogP contribution in [0.3, 0.4) is 0 Å². The molecule has 3 heterocycles. The first kappa shape index (κ1) is 16.4. The quantitative estimate of drug-likeness (QED) is 0.520. The van der Waals surface area contributed by atoms with Crippen LogP contribution in [0, 0.1) is 6.92 Å². The number of amides is 2. The average molecular weight is 360 g/mol. The van der Waals surface area contributed by atoms with Crippen molar-refractivity contribution in [2.24, 2.45) is 0 Å².